The van der Waals surface area contributed by atoms with Gasteiger partial charge in [0.1, 0.15) is 5.82 Å². The first-order valence-corrected chi connectivity index (χ1v) is 8.08. The molecule has 1 N–H and O–H groups in total. The van der Waals surface area contributed by atoms with Crippen LogP contribution < -0.4 is 0 Å². The minimum absolute atomic E-state index is 0.163. The zero-order valence-electron chi connectivity index (χ0n) is 12.1. The van der Waals surface area contributed by atoms with Gasteiger partial charge in [-0.3, -0.25) is 9.69 Å². The molecule has 0 amide bonds. The molecule has 0 radical (unpaired) electrons. The van der Waals surface area contributed by atoms with Crippen LogP contribution in [0.4, 0.5) is 4.39 Å². The number of halogens is 1. The number of fused-ring (bicyclic) bond motifs is 1. The summed E-state index contributed by atoms with van der Waals surface area (Å²) in [6.45, 7) is 2.15. The summed E-state index contributed by atoms with van der Waals surface area (Å²) in [4.78, 5) is 18.6. The van der Waals surface area contributed by atoms with E-state index in [1.165, 1.54) is 10.9 Å². The van der Waals surface area contributed by atoms with Crippen molar-refractivity contribution in [1.29, 1.82) is 0 Å². The Kier molecular flexibility index (Phi) is 4.49. The van der Waals surface area contributed by atoms with Crippen LogP contribution in [0.1, 0.15) is 27.6 Å². The number of carboxylic acids is 1. The molecule has 6 heteroatoms. The average Bonchev–Trinajstić information content (AvgIpc) is 2.89. The van der Waals surface area contributed by atoms with E-state index in [-0.39, 0.29) is 12.2 Å². The second-order valence-corrected chi connectivity index (χ2v) is 6.58. The minimum Gasteiger partial charge on any atom is -0.481 e. The largest absolute Gasteiger partial charge is 0.481 e. The predicted octanol–water partition coefficient (Wildman–Crippen LogP) is 2.71. The Bertz CT molecular complexity index is 687. The molecule has 1 aromatic carbocycles. The molecule has 3 rings (SSSR count). The summed E-state index contributed by atoms with van der Waals surface area (Å²) in [6, 6.07) is 6.77. The van der Waals surface area contributed by atoms with E-state index in [2.05, 4.69) is 9.88 Å². The van der Waals surface area contributed by atoms with Gasteiger partial charge in [-0.1, -0.05) is 18.2 Å². The van der Waals surface area contributed by atoms with Crippen LogP contribution in [0.15, 0.2) is 24.3 Å². The Morgan fingerprint density at radius 1 is 1.41 bits per heavy atom. The van der Waals surface area contributed by atoms with E-state index in [0.29, 0.717) is 18.5 Å². The molecule has 1 aliphatic heterocycles. The lowest BCUT2D eigenvalue weighted by molar-refractivity contribution is -0.137. The Morgan fingerprint density at radius 3 is 3.00 bits per heavy atom. The van der Waals surface area contributed by atoms with Gasteiger partial charge in [-0.25, -0.2) is 9.37 Å². The number of carboxylic acid groups (broad SMARTS) is 1. The minimum atomic E-state index is -0.768. The number of aliphatic carboxylic acids is 1. The molecule has 116 valence electrons. The van der Waals surface area contributed by atoms with E-state index in [1.54, 1.807) is 23.5 Å². The molecule has 1 aliphatic rings. The Balaban J connectivity index is 1.68. The fraction of sp³-hybridized carbons (Fsp3) is 0.375. The van der Waals surface area contributed by atoms with Crippen LogP contribution >= 0.6 is 11.3 Å². The first-order chi connectivity index (χ1) is 10.6. The van der Waals surface area contributed by atoms with Crippen molar-refractivity contribution in [3.8, 4) is 0 Å². The van der Waals surface area contributed by atoms with Gasteiger partial charge in [0.25, 0.3) is 0 Å². The smallest absolute Gasteiger partial charge is 0.304 e. The van der Waals surface area contributed by atoms with Crippen LogP contribution in [0.2, 0.25) is 0 Å². The number of carbonyl (C=O) groups is 1. The maximum Gasteiger partial charge on any atom is 0.304 e. The zero-order valence-corrected chi connectivity index (χ0v) is 12.9. The summed E-state index contributed by atoms with van der Waals surface area (Å²) in [6.07, 6.45) is 1.51. The second-order valence-electron chi connectivity index (χ2n) is 5.42. The van der Waals surface area contributed by atoms with Gasteiger partial charge in [0.15, 0.2) is 0 Å². The van der Waals surface area contributed by atoms with Gasteiger partial charge in [-0.2, -0.15) is 0 Å². The molecule has 0 aliphatic carbocycles. The van der Waals surface area contributed by atoms with Crippen LogP contribution in [-0.4, -0.2) is 34.0 Å². The molecule has 2 aromatic rings. The van der Waals surface area contributed by atoms with Crippen molar-refractivity contribution in [1.82, 2.24) is 9.88 Å². The fourth-order valence-electron chi connectivity index (χ4n) is 2.63. The maximum atomic E-state index is 13.7. The molecule has 0 atom stereocenters. The number of hydrogen-bond donors (Lipinski definition) is 1. The van der Waals surface area contributed by atoms with Gasteiger partial charge in [-0.05, 0) is 11.6 Å². The van der Waals surface area contributed by atoms with Gasteiger partial charge < -0.3 is 5.11 Å². The summed E-state index contributed by atoms with van der Waals surface area (Å²) >= 11 is 1.61. The van der Waals surface area contributed by atoms with E-state index in [0.717, 1.165) is 30.2 Å². The Morgan fingerprint density at radius 2 is 2.23 bits per heavy atom. The van der Waals surface area contributed by atoms with Gasteiger partial charge in [0, 0.05) is 37.4 Å². The molecule has 0 fully saturated rings. The van der Waals surface area contributed by atoms with Crippen molar-refractivity contribution < 1.29 is 14.3 Å². The molecule has 0 spiro atoms. The molecular weight excluding hydrogens is 303 g/mol. The van der Waals surface area contributed by atoms with E-state index in [9.17, 15) is 9.18 Å². The molecule has 0 bridgehead atoms. The van der Waals surface area contributed by atoms with Crippen molar-refractivity contribution in [3.05, 3.63) is 51.2 Å². The molecule has 0 unspecified atom stereocenters. The third kappa shape index (κ3) is 3.51. The van der Waals surface area contributed by atoms with Crippen molar-refractivity contribution in [2.45, 2.75) is 25.8 Å². The van der Waals surface area contributed by atoms with Gasteiger partial charge in [0.2, 0.25) is 0 Å². The van der Waals surface area contributed by atoms with Crippen LogP contribution in [0.25, 0.3) is 0 Å². The quantitative estimate of drug-likeness (QED) is 0.920. The Labute approximate surface area is 132 Å². The lowest BCUT2D eigenvalue weighted by atomic mass is 10.1. The van der Waals surface area contributed by atoms with Crippen LogP contribution in [0.5, 0.6) is 0 Å². The molecule has 1 aromatic heterocycles. The first kappa shape index (κ1) is 15.1. The van der Waals surface area contributed by atoms with Crippen LogP contribution in [0.3, 0.4) is 0 Å². The molecule has 22 heavy (non-hydrogen) atoms. The van der Waals surface area contributed by atoms with E-state index in [4.69, 9.17) is 5.11 Å². The van der Waals surface area contributed by atoms with Crippen molar-refractivity contribution in [2.24, 2.45) is 0 Å². The third-order valence-electron chi connectivity index (χ3n) is 3.80. The lowest BCUT2D eigenvalue weighted by Gasteiger charge is -2.24. The average molecular weight is 320 g/mol. The normalized spacial score (nSPS) is 14.8. The third-order valence-corrected chi connectivity index (χ3v) is 4.88. The lowest BCUT2D eigenvalue weighted by Crippen LogP contribution is -2.31. The summed E-state index contributed by atoms with van der Waals surface area (Å²) in [5.41, 5.74) is 1.75. The highest BCUT2D eigenvalue weighted by Crippen LogP contribution is 2.27. The molecule has 0 saturated carbocycles. The van der Waals surface area contributed by atoms with Crippen molar-refractivity contribution >= 4 is 17.3 Å². The van der Waals surface area contributed by atoms with Crippen LogP contribution in [0, 0.1) is 5.82 Å². The van der Waals surface area contributed by atoms with E-state index < -0.39 is 5.97 Å². The van der Waals surface area contributed by atoms with Crippen molar-refractivity contribution in [2.75, 3.05) is 13.1 Å². The number of thiazole rings is 1. The van der Waals surface area contributed by atoms with Gasteiger partial charge >= 0.3 is 5.97 Å². The summed E-state index contributed by atoms with van der Waals surface area (Å²) in [5.74, 6) is -0.964. The highest BCUT2D eigenvalue weighted by Gasteiger charge is 2.21. The monoisotopic (exact) mass is 320 g/mol. The number of aromatic nitrogens is 1. The summed E-state index contributed by atoms with van der Waals surface area (Å²) in [5, 5.41) is 9.69. The summed E-state index contributed by atoms with van der Waals surface area (Å²) < 4.78 is 13.7. The molecule has 2 heterocycles. The highest BCUT2D eigenvalue weighted by molar-refractivity contribution is 7.11. The number of nitrogens with zero attached hydrogens (tertiary/aromatic N) is 2. The van der Waals surface area contributed by atoms with E-state index in [1.807, 2.05) is 6.07 Å². The van der Waals surface area contributed by atoms with Gasteiger partial charge in [0.05, 0.1) is 17.1 Å². The maximum absolute atomic E-state index is 13.7. The first-order valence-electron chi connectivity index (χ1n) is 7.27. The Hall–Kier alpha value is -1.79. The second kappa shape index (κ2) is 6.54. The summed E-state index contributed by atoms with van der Waals surface area (Å²) in [7, 11) is 0. The number of hydrogen-bond acceptors (Lipinski definition) is 4. The number of rotatable bonds is 5. The van der Waals surface area contributed by atoms with Gasteiger partial charge in [-0.15, -0.1) is 11.3 Å². The van der Waals surface area contributed by atoms with Crippen molar-refractivity contribution in [3.63, 3.8) is 0 Å². The molecular formula is C16H17FN2O2S. The molecule has 4 nitrogen and oxygen atoms in total. The van der Waals surface area contributed by atoms with Crippen LogP contribution in [-0.2, 0) is 24.2 Å². The fourth-order valence-corrected chi connectivity index (χ4v) is 3.81. The predicted molar refractivity (Wildman–Crippen MR) is 82.6 cm³/mol. The standard InChI is InChI=1S/C16H17FN2O2S/c17-12-4-2-1-3-11(12)9-15-18-13-5-7-19(8-6-16(20)21)10-14(13)22-15/h1-4H,5-10H2,(H,20,21). The topological polar surface area (TPSA) is 53.4 Å². The number of benzene rings is 1. The molecule has 0 saturated heterocycles. The zero-order chi connectivity index (χ0) is 15.5. The van der Waals surface area contributed by atoms with E-state index >= 15 is 0 Å². The highest BCUT2D eigenvalue weighted by atomic mass is 32.1. The SMILES string of the molecule is O=C(O)CCN1CCc2nc(Cc3ccccc3F)sc2C1.